The fourth-order valence-electron chi connectivity index (χ4n) is 2.23. The van der Waals surface area contributed by atoms with E-state index in [2.05, 4.69) is 0 Å². The molecule has 0 saturated heterocycles. The van der Waals surface area contributed by atoms with Crippen molar-refractivity contribution in [2.24, 2.45) is 0 Å². The molecule has 1 aromatic carbocycles. The third kappa shape index (κ3) is 2.60. The predicted octanol–water partition coefficient (Wildman–Crippen LogP) is 2.29. The van der Waals surface area contributed by atoms with E-state index < -0.39 is 5.97 Å². The summed E-state index contributed by atoms with van der Waals surface area (Å²) in [6.07, 6.45) is 0.265. The van der Waals surface area contributed by atoms with Gasteiger partial charge in [-0.3, -0.25) is 4.79 Å². The van der Waals surface area contributed by atoms with Crippen LogP contribution in [0, 0.1) is 0 Å². The van der Waals surface area contributed by atoms with Crippen molar-refractivity contribution in [3.63, 3.8) is 0 Å². The Morgan fingerprint density at radius 2 is 2.05 bits per heavy atom. The van der Waals surface area contributed by atoms with Crippen LogP contribution in [0.25, 0.3) is 0 Å². The number of ether oxygens (including phenoxy) is 1. The number of carbonyl (C=O) groups excluding carboxylic acids is 1. The van der Waals surface area contributed by atoms with Crippen molar-refractivity contribution in [3.05, 3.63) is 47.9 Å². The lowest BCUT2D eigenvalue weighted by Gasteiger charge is -2.20. The van der Waals surface area contributed by atoms with Gasteiger partial charge in [0, 0.05) is 0 Å². The van der Waals surface area contributed by atoms with Crippen LogP contribution in [0.4, 0.5) is 5.69 Å². The number of anilines is 1. The van der Waals surface area contributed by atoms with Crippen molar-refractivity contribution < 1.29 is 23.8 Å². The van der Waals surface area contributed by atoms with Crippen molar-refractivity contribution in [2.45, 2.75) is 13.0 Å². The minimum atomic E-state index is -1.13. The molecule has 2 heterocycles. The molecule has 6 heteroatoms. The standard InChI is InChI=1S/C15H13NO5/c17-14-7-8-20-12-4-2-1-3-11(12)16(14)9-10-5-6-13(21-10)15(18)19/h1-6H,7-9H2,(H,18,19). The lowest BCUT2D eigenvalue weighted by Crippen LogP contribution is -2.29. The summed E-state index contributed by atoms with van der Waals surface area (Å²) < 4.78 is 10.8. The molecular weight excluding hydrogens is 274 g/mol. The van der Waals surface area contributed by atoms with Gasteiger partial charge in [0.1, 0.15) is 11.5 Å². The van der Waals surface area contributed by atoms with Crippen molar-refractivity contribution in [1.82, 2.24) is 0 Å². The summed E-state index contributed by atoms with van der Waals surface area (Å²) in [7, 11) is 0. The zero-order valence-corrected chi connectivity index (χ0v) is 11.1. The van der Waals surface area contributed by atoms with Gasteiger partial charge in [-0.2, -0.15) is 0 Å². The first-order valence-electron chi connectivity index (χ1n) is 6.49. The van der Waals surface area contributed by atoms with Gasteiger partial charge in [-0.15, -0.1) is 0 Å². The van der Waals surface area contributed by atoms with Gasteiger partial charge in [0.2, 0.25) is 11.7 Å². The number of amides is 1. The summed E-state index contributed by atoms with van der Waals surface area (Å²) in [4.78, 5) is 24.6. The number of carboxylic acids is 1. The average Bonchev–Trinajstić information content (AvgIpc) is 2.88. The second-order valence-corrected chi connectivity index (χ2v) is 4.62. The lowest BCUT2D eigenvalue weighted by molar-refractivity contribution is -0.119. The molecule has 1 aromatic heterocycles. The molecule has 21 heavy (non-hydrogen) atoms. The van der Waals surface area contributed by atoms with Crippen LogP contribution in [-0.2, 0) is 11.3 Å². The third-order valence-electron chi connectivity index (χ3n) is 3.22. The molecule has 1 N–H and O–H groups in total. The highest BCUT2D eigenvalue weighted by molar-refractivity contribution is 5.95. The molecule has 2 aromatic rings. The summed E-state index contributed by atoms with van der Waals surface area (Å²) in [5.74, 6) is -0.317. The van der Waals surface area contributed by atoms with E-state index in [1.54, 1.807) is 23.1 Å². The number of para-hydroxylation sites is 2. The largest absolute Gasteiger partial charge is 0.491 e. The first-order valence-corrected chi connectivity index (χ1v) is 6.49. The van der Waals surface area contributed by atoms with E-state index in [1.165, 1.54) is 6.07 Å². The van der Waals surface area contributed by atoms with Crippen LogP contribution in [0.2, 0.25) is 0 Å². The van der Waals surface area contributed by atoms with Crippen molar-refractivity contribution in [2.75, 3.05) is 11.5 Å². The molecule has 1 aliphatic heterocycles. The van der Waals surface area contributed by atoms with E-state index >= 15 is 0 Å². The molecule has 1 amide bonds. The summed E-state index contributed by atoms with van der Waals surface area (Å²) in [5.41, 5.74) is 0.660. The van der Waals surface area contributed by atoms with E-state index in [4.69, 9.17) is 14.3 Å². The molecule has 0 atom stereocenters. The number of nitrogens with zero attached hydrogens (tertiary/aromatic N) is 1. The zero-order chi connectivity index (χ0) is 14.8. The predicted molar refractivity (Wildman–Crippen MR) is 73.4 cm³/mol. The molecule has 108 valence electrons. The van der Waals surface area contributed by atoms with E-state index in [9.17, 15) is 9.59 Å². The number of rotatable bonds is 3. The van der Waals surface area contributed by atoms with Gasteiger partial charge in [-0.1, -0.05) is 12.1 Å². The normalized spacial score (nSPS) is 14.3. The first-order chi connectivity index (χ1) is 10.1. The highest BCUT2D eigenvalue weighted by Crippen LogP contribution is 2.32. The summed E-state index contributed by atoms with van der Waals surface area (Å²) in [6, 6.07) is 10.2. The molecule has 0 bridgehead atoms. The van der Waals surface area contributed by atoms with Gasteiger partial charge in [0.05, 0.1) is 25.3 Å². The van der Waals surface area contributed by atoms with Gasteiger partial charge in [0.15, 0.2) is 0 Å². The lowest BCUT2D eigenvalue weighted by atomic mass is 10.2. The van der Waals surface area contributed by atoms with Crippen LogP contribution in [0.15, 0.2) is 40.8 Å². The van der Waals surface area contributed by atoms with Crippen LogP contribution in [0.5, 0.6) is 5.75 Å². The Kier molecular flexibility index (Phi) is 3.35. The monoisotopic (exact) mass is 287 g/mol. The van der Waals surface area contributed by atoms with Crippen molar-refractivity contribution in [1.29, 1.82) is 0 Å². The SMILES string of the molecule is O=C(O)c1ccc(CN2C(=O)CCOc3ccccc32)o1. The van der Waals surface area contributed by atoms with Gasteiger partial charge in [0.25, 0.3) is 0 Å². The van der Waals surface area contributed by atoms with E-state index in [0.717, 1.165) is 0 Å². The number of benzene rings is 1. The summed E-state index contributed by atoms with van der Waals surface area (Å²) in [6.45, 7) is 0.497. The number of hydrogen-bond donors (Lipinski definition) is 1. The maximum atomic E-state index is 12.2. The van der Waals surface area contributed by atoms with Gasteiger partial charge in [-0.25, -0.2) is 4.79 Å². The topological polar surface area (TPSA) is 80.0 Å². The summed E-state index contributed by atoms with van der Waals surface area (Å²) >= 11 is 0. The van der Waals surface area contributed by atoms with Gasteiger partial charge >= 0.3 is 5.97 Å². The maximum Gasteiger partial charge on any atom is 0.371 e. The first kappa shape index (κ1) is 13.2. The molecule has 0 fully saturated rings. The number of carboxylic acid groups (broad SMARTS) is 1. The van der Waals surface area contributed by atoms with Crippen LogP contribution < -0.4 is 9.64 Å². The van der Waals surface area contributed by atoms with Gasteiger partial charge in [-0.05, 0) is 24.3 Å². The minimum absolute atomic E-state index is 0.0896. The molecule has 0 saturated carbocycles. The zero-order valence-electron chi connectivity index (χ0n) is 11.1. The molecule has 1 aliphatic rings. The molecule has 0 spiro atoms. The number of fused-ring (bicyclic) bond motifs is 1. The van der Waals surface area contributed by atoms with Crippen LogP contribution >= 0.6 is 0 Å². The molecule has 0 radical (unpaired) electrons. The molecule has 0 unspecified atom stereocenters. The Labute approximate surface area is 120 Å². The van der Waals surface area contributed by atoms with Crippen molar-refractivity contribution >= 4 is 17.6 Å². The van der Waals surface area contributed by atoms with Crippen LogP contribution in [-0.4, -0.2) is 23.6 Å². The van der Waals surface area contributed by atoms with E-state index in [0.29, 0.717) is 23.8 Å². The van der Waals surface area contributed by atoms with Gasteiger partial charge < -0.3 is 19.2 Å². The molecule has 6 nitrogen and oxygen atoms in total. The highest BCUT2D eigenvalue weighted by Gasteiger charge is 2.24. The Hall–Kier alpha value is -2.76. The number of aromatic carboxylic acids is 1. The summed E-state index contributed by atoms with van der Waals surface area (Å²) in [5, 5.41) is 8.86. The smallest absolute Gasteiger partial charge is 0.371 e. The fraction of sp³-hybridized carbons (Fsp3) is 0.200. The number of hydrogen-bond acceptors (Lipinski definition) is 4. The van der Waals surface area contributed by atoms with E-state index in [1.807, 2.05) is 12.1 Å². The number of furan rings is 1. The Morgan fingerprint density at radius 1 is 1.24 bits per heavy atom. The Balaban J connectivity index is 1.91. The Morgan fingerprint density at radius 3 is 2.81 bits per heavy atom. The Bertz CT molecular complexity index is 691. The molecular formula is C15H13NO5. The second kappa shape index (κ2) is 5.32. The maximum absolute atomic E-state index is 12.2. The minimum Gasteiger partial charge on any atom is -0.491 e. The third-order valence-corrected chi connectivity index (χ3v) is 3.22. The molecule has 0 aliphatic carbocycles. The second-order valence-electron chi connectivity index (χ2n) is 4.62. The average molecular weight is 287 g/mol. The van der Waals surface area contributed by atoms with Crippen LogP contribution in [0.1, 0.15) is 22.7 Å². The highest BCUT2D eigenvalue weighted by atomic mass is 16.5. The quantitative estimate of drug-likeness (QED) is 0.936. The fourth-order valence-corrected chi connectivity index (χ4v) is 2.23. The molecule has 3 rings (SSSR count). The van der Waals surface area contributed by atoms with Crippen LogP contribution in [0.3, 0.4) is 0 Å². The van der Waals surface area contributed by atoms with Crippen molar-refractivity contribution in [3.8, 4) is 5.75 Å². The van der Waals surface area contributed by atoms with E-state index in [-0.39, 0.29) is 24.6 Å². The number of carbonyl (C=O) groups is 2.